The van der Waals surface area contributed by atoms with E-state index in [1.807, 2.05) is 30.3 Å². The number of hydrogen-bond donors (Lipinski definition) is 2. The molecule has 3 N–H and O–H groups in total. The summed E-state index contributed by atoms with van der Waals surface area (Å²) >= 11 is 0. The van der Waals surface area contributed by atoms with Crippen LogP contribution in [0, 0.1) is 0 Å². The number of para-hydroxylation sites is 1. The van der Waals surface area contributed by atoms with Gasteiger partial charge in [-0.15, -0.1) is 0 Å². The number of nitrogen functional groups attached to an aromatic ring is 1. The normalized spacial score (nSPS) is 9.93. The maximum Gasteiger partial charge on any atom is 0.0694 e. The van der Waals surface area contributed by atoms with Crippen LogP contribution in [0.15, 0.2) is 54.6 Å². The number of rotatable bonds is 2. The first-order chi connectivity index (χ1) is 7.27. The Hall–Kier alpha value is -2.00. The Morgan fingerprint density at radius 3 is 1.93 bits per heavy atom. The third-order valence-electron chi connectivity index (χ3n) is 2.14. The van der Waals surface area contributed by atoms with E-state index in [4.69, 9.17) is 5.73 Å². The molecule has 15 heavy (non-hydrogen) atoms. The fourth-order valence-electron chi connectivity index (χ4n) is 1.33. The summed E-state index contributed by atoms with van der Waals surface area (Å²) in [4.78, 5) is 0. The zero-order valence-corrected chi connectivity index (χ0v) is 8.17. The Kier molecular flexibility index (Phi) is 2.56. The van der Waals surface area contributed by atoms with E-state index in [-0.39, 0.29) is 0 Å². The van der Waals surface area contributed by atoms with Gasteiger partial charge in [-0.3, -0.25) is 5.21 Å². The van der Waals surface area contributed by atoms with E-state index < -0.39 is 0 Å². The van der Waals surface area contributed by atoms with Crippen molar-refractivity contribution in [1.29, 1.82) is 0 Å². The molecule has 0 atom stereocenters. The molecule has 0 fully saturated rings. The molecule has 3 heteroatoms. The first-order valence-corrected chi connectivity index (χ1v) is 4.67. The molecule has 0 saturated heterocycles. The second-order valence-electron chi connectivity index (χ2n) is 3.24. The maximum atomic E-state index is 9.88. The van der Waals surface area contributed by atoms with E-state index >= 15 is 0 Å². The predicted molar refractivity (Wildman–Crippen MR) is 61.2 cm³/mol. The minimum Gasteiger partial charge on any atom is -0.399 e. The van der Waals surface area contributed by atoms with Crippen LogP contribution in [0.2, 0.25) is 0 Å². The molecule has 0 aliphatic carbocycles. The van der Waals surface area contributed by atoms with Gasteiger partial charge in [0.25, 0.3) is 0 Å². The predicted octanol–water partition coefficient (Wildman–Crippen LogP) is 2.80. The quantitative estimate of drug-likeness (QED) is 0.579. The molecule has 0 saturated carbocycles. The van der Waals surface area contributed by atoms with Gasteiger partial charge in [0.1, 0.15) is 0 Å². The van der Waals surface area contributed by atoms with Crippen molar-refractivity contribution in [2.45, 2.75) is 0 Å². The molecule has 0 aromatic heterocycles. The molecule has 2 rings (SSSR count). The first-order valence-electron chi connectivity index (χ1n) is 4.67. The molecule has 0 aliphatic rings. The van der Waals surface area contributed by atoms with Crippen molar-refractivity contribution in [1.82, 2.24) is 0 Å². The smallest absolute Gasteiger partial charge is 0.0694 e. The van der Waals surface area contributed by atoms with Gasteiger partial charge < -0.3 is 5.73 Å². The van der Waals surface area contributed by atoms with Crippen molar-refractivity contribution < 1.29 is 5.21 Å². The third-order valence-corrected chi connectivity index (χ3v) is 2.14. The highest BCUT2D eigenvalue weighted by Crippen LogP contribution is 2.23. The van der Waals surface area contributed by atoms with Crippen molar-refractivity contribution in [2.75, 3.05) is 10.8 Å². The number of benzene rings is 2. The van der Waals surface area contributed by atoms with Crippen LogP contribution in [-0.4, -0.2) is 5.21 Å². The van der Waals surface area contributed by atoms with Gasteiger partial charge in [-0.2, -0.15) is 0 Å². The molecule has 0 unspecified atom stereocenters. The average molecular weight is 200 g/mol. The molecular formula is C12H12N2O. The second-order valence-corrected chi connectivity index (χ2v) is 3.24. The highest BCUT2D eigenvalue weighted by atomic mass is 16.5. The van der Waals surface area contributed by atoms with Gasteiger partial charge in [0, 0.05) is 5.69 Å². The fourth-order valence-corrected chi connectivity index (χ4v) is 1.33. The summed E-state index contributed by atoms with van der Waals surface area (Å²) in [6.45, 7) is 0. The van der Waals surface area contributed by atoms with Crippen LogP contribution >= 0.6 is 0 Å². The summed E-state index contributed by atoms with van der Waals surface area (Å²) in [6.07, 6.45) is 0. The Labute approximate surface area is 88.3 Å². The zero-order valence-electron chi connectivity index (χ0n) is 8.17. The highest BCUT2D eigenvalue weighted by Gasteiger charge is 2.03. The molecule has 76 valence electrons. The van der Waals surface area contributed by atoms with E-state index in [1.165, 1.54) is 0 Å². The lowest BCUT2D eigenvalue weighted by molar-refractivity contribution is 0.301. The lowest BCUT2D eigenvalue weighted by Crippen LogP contribution is -2.09. The molecule has 0 amide bonds. The fraction of sp³-hybridized carbons (Fsp3) is 0. The van der Waals surface area contributed by atoms with Gasteiger partial charge in [-0.25, -0.2) is 5.06 Å². The van der Waals surface area contributed by atoms with Crippen LogP contribution in [0.4, 0.5) is 17.1 Å². The van der Waals surface area contributed by atoms with Gasteiger partial charge in [0.05, 0.1) is 11.4 Å². The molecule has 3 nitrogen and oxygen atoms in total. The average Bonchev–Trinajstić information content (AvgIpc) is 2.30. The lowest BCUT2D eigenvalue weighted by atomic mass is 10.2. The molecule has 0 radical (unpaired) electrons. The van der Waals surface area contributed by atoms with E-state index in [9.17, 15) is 5.21 Å². The largest absolute Gasteiger partial charge is 0.399 e. The van der Waals surface area contributed by atoms with Crippen molar-refractivity contribution in [3.8, 4) is 0 Å². The van der Waals surface area contributed by atoms with Gasteiger partial charge in [0.2, 0.25) is 0 Å². The summed E-state index contributed by atoms with van der Waals surface area (Å²) in [5.74, 6) is 0. The van der Waals surface area contributed by atoms with Crippen LogP contribution < -0.4 is 10.8 Å². The summed E-state index contributed by atoms with van der Waals surface area (Å²) in [5.41, 5.74) is 7.66. The lowest BCUT2D eigenvalue weighted by Gasteiger charge is -2.16. The maximum absolute atomic E-state index is 9.88. The summed E-state index contributed by atoms with van der Waals surface area (Å²) in [5, 5.41) is 11.0. The standard InChI is InChI=1S/C12H12N2O/c13-10-6-8-12(9-7-10)14(15)11-4-2-1-3-5-11/h1-9,15H,13H2. The van der Waals surface area contributed by atoms with Gasteiger partial charge >= 0.3 is 0 Å². The van der Waals surface area contributed by atoms with E-state index in [1.54, 1.807) is 24.3 Å². The number of hydrogen-bond acceptors (Lipinski definition) is 3. The van der Waals surface area contributed by atoms with E-state index in [0.717, 1.165) is 10.8 Å². The van der Waals surface area contributed by atoms with Crippen molar-refractivity contribution >= 4 is 17.1 Å². The van der Waals surface area contributed by atoms with Gasteiger partial charge in [-0.1, -0.05) is 18.2 Å². The molecular weight excluding hydrogens is 188 g/mol. The van der Waals surface area contributed by atoms with Gasteiger partial charge in [0.15, 0.2) is 0 Å². The van der Waals surface area contributed by atoms with Gasteiger partial charge in [-0.05, 0) is 36.4 Å². The van der Waals surface area contributed by atoms with E-state index in [0.29, 0.717) is 11.4 Å². The second kappa shape index (κ2) is 4.02. The Balaban J connectivity index is 2.29. The minimum absolute atomic E-state index is 0.681. The Morgan fingerprint density at radius 2 is 1.33 bits per heavy atom. The zero-order chi connectivity index (χ0) is 10.7. The summed E-state index contributed by atoms with van der Waals surface area (Å²) in [7, 11) is 0. The number of nitrogens with two attached hydrogens (primary N) is 1. The molecule has 0 aliphatic heterocycles. The topological polar surface area (TPSA) is 49.5 Å². The van der Waals surface area contributed by atoms with Crippen LogP contribution in [0.25, 0.3) is 0 Å². The molecule has 2 aromatic rings. The van der Waals surface area contributed by atoms with Crippen LogP contribution in [0.3, 0.4) is 0 Å². The number of nitrogens with zero attached hydrogens (tertiary/aromatic N) is 1. The van der Waals surface area contributed by atoms with Crippen LogP contribution in [0.1, 0.15) is 0 Å². The summed E-state index contributed by atoms with van der Waals surface area (Å²) < 4.78 is 0. The highest BCUT2D eigenvalue weighted by molar-refractivity contribution is 5.61. The van der Waals surface area contributed by atoms with Crippen LogP contribution in [0.5, 0.6) is 0 Å². The number of anilines is 3. The molecule has 0 spiro atoms. The monoisotopic (exact) mass is 200 g/mol. The Morgan fingerprint density at radius 1 is 0.800 bits per heavy atom. The van der Waals surface area contributed by atoms with E-state index in [2.05, 4.69) is 0 Å². The van der Waals surface area contributed by atoms with Crippen molar-refractivity contribution in [3.63, 3.8) is 0 Å². The molecule has 0 heterocycles. The van der Waals surface area contributed by atoms with Crippen molar-refractivity contribution in [2.24, 2.45) is 0 Å². The van der Waals surface area contributed by atoms with Crippen molar-refractivity contribution in [3.05, 3.63) is 54.6 Å². The third kappa shape index (κ3) is 2.08. The SMILES string of the molecule is Nc1ccc(N(O)c2ccccc2)cc1. The minimum atomic E-state index is 0.681. The molecule has 2 aromatic carbocycles. The van der Waals surface area contributed by atoms with Crippen LogP contribution in [-0.2, 0) is 0 Å². The Bertz CT molecular complexity index is 425. The first kappa shape index (κ1) is 9.55. The molecule has 0 bridgehead atoms. The summed E-state index contributed by atoms with van der Waals surface area (Å²) in [6, 6.07) is 16.3.